The highest BCUT2D eigenvalue weighted by molar-refractivity contribution is 5.91. The van der Waals surface area contributed by atoms with E-state index in [9.17, 15) is 24.9 Å². The van der Waals surface area contributed by atoms with Gasteiger partial charge in [0, 0.05) is 11.8 Å². The molecule has 4 aliphatic rings. The molecule has 5 heteroatoms. The SMILES string of the molecule is CC12CCC(=O)C=C1CCC1C2CCC2(CO)C1CCC2(O)C(=O)CO. The number of fused-ring (bicyclic) bond motifs is 5. The van der Waals surface area contributed by atoms with Crippen LogP contribution in [0.1, 0.15) is 58.3 Å². The number of carbonyl (C=O) groups excluding carboxylic acids is 2. The number of rotatable bonds is 3. The van der Waals surface area contributed by atoms with Crippen molar-refractivity contribution in [2.45, 2.75) is 63.9 Å². The molecule has 5 nitrogen and oxygen atoms in total. The summed E-state index contributed by atoms with van der Waals surface area (Å²) in [6, 6.07) is 0. The summed E-state index contributed by atoms with van der Waals surface area (Å²) in [5.41, 5.74) is -1.12. The highest BCUT2D eigenvalue weighted by atomic mass is 16.3. The van der Waals surface area contributed by atoms with Crippen LogP contribution in [-0.4, -0.2) is 45.7 Å². The van der Waals surface area contributed by atoms with Crippen LogP contribution < -0.4 is 0 Å². The van der Waals surface area contributed by atoms with Crippen molar-refractivity contribution < 1.29 is 24.9 Å². The summed E-state index contributed by atoms with van der Waals surface area (Å²) in [6.07, 6.45) is 7.72. The number of allylic oxidation sites excluding steroid dienone is 1. The minimum atomic E-state index is -1.61. The Labute approximate surface area is 154 Å². The van der Waals surface area contributed by atoms with Crippen molar-refractivity contribution in [1.29, 1.82) is 0 Å². The van der Waals surface area contributed by atoms with Crippen molar-refractivity contribution in [2.75, 3.05) is 13.2 Å². The van der Waals surface area contributed by atoms with Gasteiger partial charge in [-0.1, -0.05) is 12.5 Å². The monoisotopic (exact) mass is 362 g/mol. The van der Waals surface area contributed by atoms with Crippen LogP contribution in [0, 0.1) is 28.6 Å². The molecule has 6 atom stereocenters. The van der Waals surface area contributed by atoms with Crippen LogP contribution in [-0.2, 0) is 9.59 Å². The van der Waals surface area contributed by atoms with E-state index in [1.165, 1.54) is 5.57 Å². The second-order valence-corrected chi connectivity index (χ2v) is 9.30. The molecule has 3 N–H and O–H groups in total. The molecule has 0 aromatic rings. The summed E-state index contributed by atoms with van der Waals surface area (Å²) in [6.45, 7) is 1.40. The number of aliphatic hydroxyl groups is 3. The molecular weight excluding hydrogens is 332 g/mol. The maximum atomic E-state index is 12.4. The number of carbonyl (C=O) groups is 2. The molecule has 0 aromatic heterocycles. The van der Waals surface area contributed by atoms with Crippen molar-refractivity contribution in [3.63, 3.8) is 0 Å². The van der Waals surface area contributed by atoms with Gasteiger partial charge < -0.3 is 15.3 Å². The van der Waals surface area contributed by atoms with E-state index in [0.717, 1.165) is 32.1 Å². The Morgan fingerprint density at radius 1 is 1.12 bits per heavy atom. The Balaban J connectivity index is 1.71. The largest absolute Gasteiger partial charge is 0.396 e. The quantitative estimate of drug-likeness (QED) is 0.711. The molecule has 0 spiro atoms. The number of ketones is 2. The molecule has 3 fully saturated rings. The van der Waals surface area contributed by atoms with E-state index in [4.69, 9.17) is 0 Å². The molecule has 4 aliphatic carbocycles. The van der Waals surface area contributed by atoms with Crippen molar-refractivity contribution in [1.82, 2.24) is 0 Å². The van der Waals surface area contributed by atoms with E-state index in [0.29, 0.717) is 31.1 Å². The van der Waals surface area contributed by atoms with E-state index in [2.05, 4.69) is 6.92 Å². The molecule has 26 heavy (non-hydrogen) atoms. The normalized spacial score (nSPS) is 47.6. The molecule has 144 valence electrons. The first-order valence-corrected chi connectivity index (χ1v) is 10.0. The lowest BCUT2D eigenvalue weighted by Gasteiger charge is -2.59. The second-order valence-electron chi connectivity index (χ2n) is 9.30. The van der Waals surface area contributed by atoms with Gasteiger partial charge in [0.05, 0.1) is 6.61 Å². The zero-order valence-corrected chi connectivity index (χ0v) is 15.5. The molecule has 0 amide bonds. The zero-order valence-electron chi connectivity index (χ0n) is 15.5. The summed E-state index contributed by atoms with van der Waals surface area (Å²) >= 11 is 0. The van der Waals surface area contributed by atoms with Crippen LogP contribution in [0.5, 0.6) is 0 Å². The summed E-state index contributed by atoms with van der Waals surface area (Å²) in [7, 11) is 0. The van der Waals surface area contributed by atoms with Gasteiger partial charge in [-0.15, -0.1) is 0 Å². The van der Waals surface area contributed by atoms with Crippen molar-refractivity contribution in [3.8, 4) is 0 Å². The van der Waals surface area contributed by atoms with Crippen LogP contribution in [0.4, 0.5) is 0 Å². The number of hydrogen-bond donors (Lipinski definition) is 3. The zero-order chi connectivity index (χ0) is 18.7. The fraction of sp³-hybridized carbons (Fsp3) is 0.810. The Bertz CT molecular complexity index is 669. The third-order valence-electron chi connectivity index (χ3n) is 8.70. The van der Waals surface area contributed by atoms with E-state index < -0.39 is 23.4 Å². The van der Waals surface area contributed by atoms with Crippen molar-refractivity contribution in [2.24, 2.45) is 28.6 Å². The molecule has 0 aromatic carbocycles. The van der Waals surface area contributed by atoms with E-state index >= 15 is 0 Å². The number of hydrogen-bond acceptors (Lipinski definition) is 5. The third kappa shape index (κ3) is 2.14. The van der Waals surface area contributed by atoms with Crippen LogP contribution >= 0.6 is 0 Å². The van der Waals surface area contributed by atoms with Gasteiger partial charge in [0.1, 0.15) is 12.2 Å². The highest BCUT2D eigenvalue weighted by Crippen LogP contribution is 2.67. The third-order valence-corrected chi connectivity index (χ3v) is 8.70. The lowest BCUT2D eigenvalue weighted by Crippen LogP contribution is -2.61. The molecule has 6 unspecified atom stereocenters. The van der Waals surface area contributed by atoms with Crippen molar-refractivity contribution >= 4 is 11.6 Å². The summed E-state index contributed by atoms with van der Waals surface area (Å²) in [4.78, 5) is 24.3. The van der Waals surface area contributed by atoms with Crippen LogP contribution in [0.15, 0.2) is 11.6 Å². The first kappa shape index (κ1) is 18.3. The Morgan fingerprint density at radius 3 is 2.54 bits per heavy atom. The first-order chi connectivity index (χ1) is 12.3. The number of Topliss-reactive ketones (excluding diaryl/α,β-unsaturated/α-hetero) is 1. The summed E-state index contributed by atoms with van der Waals surface area (Å²) in [5.74, 6) is 0.583. The smallest absolute Gasteiger partial charge is 0.190 e. The molecule has 0 radical (unpaired) electrons. The van der Waals surface area contributed by atoms with Crippen LogP contribution in [0.25, 0.3) is 0 Å². The van der Waals surface area contributed by atoms with Gasteiger partial charge in [-0.2, -0.15) is 0 Å². The fourth-order valence-corrected chi connectivity index (χ4v) is 7.27. The highest BCUT2D eigenvalue weighted by Gasteiger charge is 2.67. The molecule has 0 bridgehead atoms. The molecule has 0 aliphatic heterocycles. The standard InChI is InChI=1S/C21H30O5/c1-19-7-4-14(24)10-13(19)2-3-15-16(19)5-8-20(12-23)17(15)6-9-21(20,26)18(25)11-22/h10,15-17,22-23,26H,2-9,11-12H2,1H3. The van der Waals surface area contributed by atoms with Gasteiger partial charge in [-0.25, -0.2) is 0 Å². The van der Waals surface area contributed by atoms with Gasteiger partial charge >= 0.3 is 0 Å². The average molecular weight is 362 g/mol. The Hall–Kier alpha value is -1.04. The minimum absolute atomic E-state index is 0.0279. The van der Waals surface area contributed by atoms with Gasteiger partial charge in [-0.05, 0) is 74.2 Å². The molecule has 0 saturated heterocycles. The molecule has 0 heterocycles. The summed E-state index contributed by atoms with van der Waals surface area (Å²) < 4.78 is 0. The van der Waals surface area contributed by atoms with Crippen LogP contribution in [0.3, 0.4) is 0 Å². The maximum absolute atomic E-state index is 12.4. The van der Waals surface area contributed by atoms with E-state index in [1.54, 1.807) is 0 Å². The molecular formula is C21H30O5. The lowest BCUT2D eigenvalue weighted by atomic mass is 9.46. The Morgan fingerprint density at radius 2 is 1.85 bits per heavy atom. The molecule has 3 saturated carbocycles. The van der Waals surface area contributed by atoms with Gasteiger partial charge in [0.15, 0.2) is 11.6 Å². The number of aliphatic hydroxyl groups excluding tert-OH is 2. The van der Waals surface area contributed by atoms with E-state index in [1.807, 2.05) is 6.08 Å². The lowest BCUT2D eigenvalue weighted by molar-refractivity contribution is -0.177. The average Bonchev–Trinajstić information content (AvgIpc) is 2.96. The molecule has 4 rings (SSSR count). The predicted molar refractivity (Wildman–Crippen MR) is 95.2 cm³/mol. The second kappa shape index (κ2) is 5.98. The minimum Gasteiger partial charge on any atom is -0.396 e. The summed E-state index contributed by atoms with van der Waals surface area (Å²) in [5, 5.41) is 30.9. The maximum Gasteiger partial charge on any atom is 0.190 e. The predicted octanol–water partition coefficient (Wildman–Crippen LogP) is 1.78. The van der Waals surface area contributed by atoms with Gasteiger partial charge in [0.2, 0.25) is 0 Å². The fourth-order valence-electron chi connectivity index (χ4n) is 7.27. The van der Waals surface area contributed by atoms with Crippen LogP contribution in [0.2, 0.25) is 0 Å². The first-order valence-electron chi connectivity index (χ1n) is 10.0. The Kier molecular flexibility index (Phi) is 4.22. The topological polar surface area (TPSA) is 94.8 Å². The van der Waals surface area contributed by atoms with Gasteiger partial charge in [-0.3, -0.25) is 9.59 Å². The van der Waals surface area contributed by atoms with E-state index in [-0.39, 0.29) is 23.7 Å². The van der Waals surface area contributed by atoms with Gasteiger partial charge in [0.25, 0.3) is 0 Å². The van der Waals surface area contributed by atoms with Crippen molar-refractivity contribution in [3.05, 3.63) is 11.6 Å².